The van der Waals surface area contributed by atoms with Crippen molar-refractivity contribution in [3.63, 3.8) is 0 Å². The second-order valence-electron chi connectivity index (χ2n) is 5.51. The van der Waals surface area contributed by atoms with Crippen molar-refractivity contribution in [1.29, 1.82) is 0 Å². The molecular weight excluding hydrogens is 196 g/mol. The van der Waals surface area contributed by atoms with Gasteiger partial charge in [-0.15, -0.1) is 6.58 Å². The third kappa shape index (κ3) is 4.67. The molecule has 0 aromatic heterocycles. The van der Waals surface area contributed by atoms with E-state index in [2.05, 4.69) is 43.6 Å². The highest BCUT2D eigenvalue weighted by atomic mass is 15.2. The molecule has 1 atom stereocenters. The Morgan fingerprint density at radius 3 is 2.44 bits per heavy atom. The zero-order valence-electron chi connectivity index (χ0n) is 11.2. The van der Waals surface area contributed by atoms with Gasteiger partial charge in [0.25, 0.3) is 0 Å². The summed E-state index contributed by atoms with van der Waals surface area (Å²) in [7, 11) is 0. The van der Waals surface area contributed by atoms with Crippen LogP contribution in [0.15, 0.2) is 12.7 Å². The van der Waals surface area contributed by atoms with Crippen LogP contribution in [0.5, 0.6) is 0 Å². The second-order valence-corrected chi connectivity index (χ2v) is 5.51. The van der Waals surface area contributed by atoms with Gasteiger partial charge >= 0.3 is 0 Å². The third-order valence-corrected chi connectivity index (χ3v) is 3.55. The van der Waals surface area contributed by atoms with Crippen molar-refractivity contribution in [2.75, 3.05) is 26.2 Å². The Labute approximate surface area is 101 Å². The molecule has 94 valence electrons. The molecule has 2 heteroatoms. The second kappa shape index (κ2) is 7.08. The first-order chi connectivity index (χ1) is 7.63. The van der Waals surface area contributed by atoms with Gasteiger partial charge in [0.1, 0.15) is 0 Å². The summed E-state index contributed by atoms with van der Waals surface area (Å²) in [6.07, 6.45) is 4.73. The molecule has 2 nitrogen and oxygen atoms in total. The van der Waals surface area contributed by atoms with Crippen LogP contribution in [-0.4, -0.2) is 37.1 Å². The predicted molar refractivity (Wildman–Crippen MR) is 71.7 cm³/mol. The minimum atomic E-state index is 0.546. The van der Waals surface area contributed by atoms with Crippen molar-refractivity contribution in [2.45, 2.75) is 39.7 Å². The molecule has 1 N–H and O–H groups in total. The molecule has 1 unspecified atom stereocenters. The summed E-state index contributed by atoms with van der Waals surface area (Å²) in [6, 6.07) is 0.546. The number of rotatable bonds is 6. The highest BCUT2D eigenvalue weighted by molar-refractivity contribution is 4.87. The minimum Gasteiger partial charge on any atom is -0.316 e. The quantitative estimate of drug-likeness (QED) is 0.697. The van der Waals surface area contributed by atoms with Gasteiger partial charge in [0.15, 0.2) is 0 Å². The van der Waals surface area contributed by atoms with Gasteiger partial charge in [-0.05, 0) is 57.8 Å². The number of hydrogen-bond acceptors (Lipinski definition) is 2. The van der Waals surface area contributed by atoms with E-state index in [4.69, 9.17) is 0 Å². The molecule has 0 amide bonds. The molecule has 1 aliphatic heterocycles. The Bertz CT molecular complexity index is 193. The van der Waals surface area contributed by atoms with Crippen LogP contribution in [0.3, 0.4) is 0 Å². The van der Waals surface area contributed by atoms with Gasteiger partial charge < -0.3 is 5.32 Å². The Kier molecular flexibility index (Phi) is 6.07. The molecule has 0 aromatic carbocycles. The molecule has 1 saturated heterocycles. The van der Waals surface area contributed by atoms with E-state index in [0.717, 1.165) is 18.4 Å². The fraction of sp³-hybridized carbons (Fsp3) is 0.857. The molecule has 0 radical (unpaired) electrons. The normalized spacial score (nSPS) is 21.2. The van der Waals surface area contributed by atoms with Crippen molar-refractivity contribution in [1.82, 2.24) is 10.2 Å². The fourth-order valence-corrected chi connectivity index (χ4v) is 2.29. The van der Waals surface area contributed by atoms with E-state index in [-0.39, 0.29) is 0 Å². The summed E-state index contributed by atoms with van der Waals surface area (Å²) in [5.74, 6) is 1.65. The summed E-state index contributed by atoms with van der Waals surface area (Å²) in [4.78, 5) is 2.53. The Balaban J connectivity index is 2.14. The lowest BCUT2D eigenvalue weighted by molar-refractivity contribution is 0.160. The zero-order valence-corrected chi connectivity index (χ0v) is 11.2. The first-order valence-electron chi connectivity index (χ1n) is 6.70. The zero-order chi connectivity index (χ0) is 12.0. The standard InChI is InChI=1S/C14H28N2/c1-5-13(4)16-8-6-14(7-9-16)11-15-10-12(2)3/h5,12-15H,1,6-11H2,2-4H3. The maximum Gasteiger partial charge on any atom is 0.0247 e. The Hall–Kier alpha value is -0.340. The predicted octanol–water partition coefficient (Wildman–Crippen LogP) is 2.52. The van der Waals surface area contributed by atoms with Crippen molar-refractivity contribution < 1.29 is 0 Å². The summed E-state index contributed by atoms with van der Waals surface area (Å²) in [6.45, 7) is 15.5. The molecule has 16 heavy (non-hydrogen) atoms. The van der Waals surface area contributed by atoms with Gasteiger partial charge in [0, 0.05) is 6.04 Å². The molecule has 0 aliphatic carbocycles. The highest BCUT2D eigenvalue weighted by Gasteiger charge is 2.20. The van der Waals surface area contributed by atoms with Crippen LogP contribution in [-0.2, 0) is 0 Å². The summed E-state index contributed by atoms with van der Waals surface area (Å²) in [5.41, 5.74) is 0. The lowest BCUT2D eigenvalue weighted by Gasteiger charge is -2.35. The number of likely N-dealkylation sites (tertiary alicyclic amines) is 1. The van der Waals surface area contributed by atoms with Crippen LogP contribution in [0.2, 0.25) is 0 Å². The monoisotopic (exact) mass is 224 g/mol. The number of piperidine rings is 1. The average molecular weight is 224 g/mol. The minimum absolute atomic E-state index is 0.546. The smallest absolute Gasteiger partial charge is 0.0247 e. The van der Waals surface area contributed by atoms with Gasteiger partial charge in [-0.2, -0.15) is 0 Å². The van der Waals surface area contributed by atoms with E-state index < -0.39 is 0 Å². The Morgan fingerprint density at radius 1 is 1.31 bits per heavy atom. The molecule has 0 aromatic rings. The van der Waals surface area contributed by atoms with Gasteiger partial charge in [-0.3, -0.25) is 4.90 Å². The summed E-state index contributed by atoms with van der Waals surface area (Å²) < 4.78 is 0. The van der Waals surface area contributed by atoms with Crippen molar-refractivity contribution in [3.05, 3.63) is 12.7 Å². The molecule has 1 aliphatic rings. The maximum atomic E-state index is 3.87. The summed E-state index contributed by atoms with van der Waals surface area (Å²) in [5, 5.41) is 3.57. The molecule has 0 saturated carbocycles. The van der Waals surface area contributed by atoms with Crippen molar-refractivity contribution >= 4 is 0 Å². The first-order valence-corrected chi connectivity index (χ1v) is 6.70. The van der Waals surface area contributed by atoms with Crippen LogP contribution in [0.25, 0.3) is 0 Å². The molecule has 0 bridgehead atoms. The van der Waals surface area contributed by atoms with Crippen LogP contribution < -0.4 is 5.32 Å². The van der Waals surface area contributed by atoms with Crippen LogP contribution >= 0.6 is 0 Å². The largest absolute Gasteiger partial charge is 0.316 e. The highest BCUT2D eigenvalue weighted by Crippen LogP contribution is 2.18. The Morgan fingerprint density at radius 2 is 1.94 bits per heavy atom. The molecular formula is C14H28N2. The average Bonchev–Trinajstić information content (AvgIpc) is 2.28. The fourth-order valence-electron chi connectivity index (χ4n) is 2.29. The number of nitrogens with zero attached hydrogens (tertiary/aromatic N) is 1. The van der Waals surface area contributed by atoms with Gasteiger partial charge in [0.2, 0.25) is 0 Å². The lowest BCUT2D eigenvalue weighted by Crippen LogP contribution is -2.41. The topological polar surface area (TPSA) is 15.3 Å². The number of nitrogens with one attached hydrogen (secondary N) is 1. The molecule has 0 spiro atoms. The SMILES string of the molecule is C=CC(C)N1CCC(CNCC(C)C)CC1. The van der Waals surface area contributed by atoms with E-state index in [0.29, 0.717) is 6.04 Å². The van der Waals surface area contributed by atoms with Crippen LogP contribution in [0.4, 0.5) is 0 Å². The maximum absolute atomic E-state index is 3.87. The van der Waals surface area contributed by atoms with Crippen molar-refractivity contribution in [2.24, 2.45) is 11.8 Å². The third-order valence-electron chi connectivity index (χ3n) is 3.55. The molecule has 1 fully saturated rings. The van der Waals surface area contributed by atoms with Crippen LogP contribution in [0, 0.1) is 11.8 Å². The molecule has 1 rings (SSSR count). The summed E-state index contributed by atoms with van der Waals surface area (Å²) >= 11 is 0. The first kappa shape index (κ1) is 13.7. The van der Waals surface area contributed by atoms with E-state index in [1.165, 1.54) is 32.5 Å². The van der Waals surface area contributed by atoms with Gasteiger partial charge in [0.05, 0.1) is 0 Å². The lowest BCUT2D eigenvalue weighted by atomic mass is 9.95. The van der Waals surface area contributed by atoms with Gasteiger partial charge in [-0.1, -0.05) is 19.9 Å². The molecule has 1 heterocycles. The van der Waals surface area contributed by atoms with E-state index in [1.807, 2.05) is 0 Å². The van der Waals surface area contributed by atoms with E-state index in [1.54, 1.807) is 0 Å². The van der Waals surface area contributed by atoms with Crippen LogP contribution in [0.1, 0.15) is 33.6 Å². The van der Waals surface area contributed by atoms with E-state index in [9.17, 15) is 0 Å². The van der Waals surface area contributed by atoms with Gasteiger partial charge in [-0.25, -0.2) is 0 Å². The van der Waals surface area contributed by atoms with Crippen molar-refractivity contribution in [3.8, 4) is 0 Å². The van der Waals surface area contributed by atoms with E-state index >= 15 is 0 Å². The number of hydrogen-bond donors (Lipinski definition) is 1.